The smallest absolute Gasteiger partial charge is 0.264 e. The van der Waals surface area contributed by atoms with Crippen molar-refractivity contribution in [2.75, 3.05) is 17.4 Å². The van der Waals surface area contributed by atoms with Gasteiger partial charge in [-0.15, -0.1) is 0 Å². The van der Waals surface area contributed by atoms with Gasteiger partial charge in [-0.3, -0.25) is 13.9 Å². The van der Waals surface area contributed by atoms with Crippen molar-refractivity contribution in [1.29, 1.82) is 0 Å². The summed E-state index contributed by atoms with van der Waals surface area (Å²) in [5.41, 5.74) is 2.28. The normalized spacial score (nSPS) is 12.8. The number of nitrogens with one attached hydrogen (secondary N) is 1. The van der Waals surface area contributed by atoms with Crippen molar-refractivity contribution in [3.63, 3.8) is 0 Å². The van der Waals surface area contributed by atoms with E-state index in [0.717, 1.165) is 21.9 Å². The van der Waals surface area contributed by atoms with E-state index in [4.69, 9.17) is 0 Å². The lowest BCUT2D eigenvalue weighted by atomic mass is 10.1. The zero-order valence-corrected chi connectivity index (χ0v) is 25.2. The molecule has 0 saturated heterocycles. The first-order chi connectivity index (χ1) is 18.5. The van der Waals surface area contributed by atoms with Crippen LogP contribution in [0.25, 0.3) is 0 Å². The molecule has 0 spiro atoms. The van der Waals surface area contributed by atoms with Gasteiger partial charge in [-0.25, -0.2) is 8.42 Å². The summed E-state index contributed by atoms with van der Waals surface area (Å²) in [7, 11) is -4.09. The van der Waals surface area contributed by atoms with Crippen molar-refractivity contribution in [2.24, 2.45) is 0 Å². The van der Waals surface area contributed by atoms with Crippen LogP contribution >= 0.6 is 15.9 Å². The zero-order valence-electron chi connectivity index (χ0n) is 22.8. The maximum atomic E-state index is 13.9. The van der Waals surface area contributed by atoms with E-state index in [0.29, 0.717) is 16.6 Å². The highest BCUT2D eigenvalue weighted by molar-refractivity contribution is 9.10. The molecule has 0 heterocycles. The highest BCUT2D eigenvalue weighted by Crippen LogP contribution is 2.27. The van der Waals surface area contributed by atoms with Gasteiger partial charge in [0, 0.05) is 17.1 Å². The van der Waals surface area contributed by atoms with E-state index in [1.807, 2.05) is 51.1 Å². The second kappa shape index (κ2) is 13.8. The molecule has 2 atom stereocenters. The number of benzene rings is 3. The minimum atomic E-state index is -4.09. The molecule has 3 rings (SSSR count). The maximum Gasteiger partial charge on any atom is 0.264 e. The Labute approximate surface area is 240 Å². The van der Waals surface area contributed by atoms with Gasteiger partial charge in [0.1, 0.15) is 12.6 Å². The second-order valence-electron chi connectivity index (χ2n) is 9.62. The molecular formula is C30H36BrN3O4S. The van der Waals surface area contributed by atoms with Crippen LogP contribution in [0.4, 0.5) is 5.69 Å². The number of hydrogen-bond acceptors (Lipinski definition) is 4. The molecule has 3 aromatic carbocycles. The number of carbonyl (C=O) groups is 2. The molecule has 0 aliphatic heterocycles. The number of aryl methyl sites for hydroxylation is 1. The van der Waals surface area contributed by atoms with Crippen molar-refractivity contribution < 1.29 is 18.0 Å². The average molecular weight is 615 g/mol. The predicted molar refractivity (Wildman–Crippen MR) is 159 cm³/mol. The lowest BCUT2D eigenvalue weighted by molar-refractivity contribution is -0.139. The summed E-state index contributed by atoms with van der Waals surface area (Å²) in [6.07, 6.45) is 1.27. The van der Waals surface area contributed by atoms with Crippen LogP contribution in [0.2, 0.25) is 0 Å². The monoisotopic (exact) mass is 613 g/mol. The van der Waals surface area contributed by atoms with Crippen molar-refractivity contribution in [1.82, 2.24) is 10.2 Å². The van der Waals surface area contributed by atoms with Crippen LogP contribution in [-0.2, 0) is 26.0 Å². The molecule has 0 radical (unpaired) electrons. The van der Waals surface area contributed by atoms with Gasteiger partial charge in [-0.05, 0) is 69.5 Å². The van der Waals surface area contributed by atoms with Gasteiger partial charge in [0.25, 0.3) is 10.0 Å². The zero-order chi connectivity index (χ0) is 28.6. The van der Waals surface area contributed by atoms with Gasteiger partial charge < -0.3 is 10.2 Å². The van der Waals surface area contributed by atoms with Crippen LogP contribution in [0.15, 0.2) is 88.2 Å². The fourth-order valence-corrected chi connectivity index (χ4v) is 5.83. The third kappa shape index (κ3) is 8.16. The first kappa shape index (κ1) is 30.4. The quantitative estimate of drug-likeness (QED) is 0.299. The Morgan fingerprint density at radius 3 is 2.23 bits per heavy atom. The van der Waals surface area contributed by atoms with Crippen molar-refractivity contribution in [3.8, 4) is 0 Å². The number of halogens is 1. The fourth-order valence-electron chi connectivity index (χ4n) is 4.03. The van der Waals surface area contributed by atoms with Gasteiger partial charge in [0.15, 0.2) is 0 Å². The molecule has 9 heteroatoms. The van der Waals surface area contributed by atoms with Crippen molar-refractivity contribution in [2.45, 2.75) is 57.5 Å². The number of rotatable bonds is 12. The summed E-state index contributed by atoms with van der Waals surface area (Å²) in [6.45, 7) is 7.24. The maximum absolute atomic E-state index is 13.9. The van der Waals surface area contributed by atoms with Crippen molar-refractivity contribution >= 4 is 43.5 Å². The van der Waals surface area contributed by atoms with Gasteiger partial charge >= 0.3 is 0 Å². The van der Waals surface area contributed by atoms with Crippen LogP contribution < -0.4 is 9.62 Å². The number of carbonyl (C=O) groups excluding carboxylic acids is 2. The van der Waals surface area contributed by atoms with Gasteiger partial charge in [-0.1, -0.05) is 76.9 Å². The Hall–Kier alpha value is -3.17. The Bertz CT molecular complexity index is 1360. The Kier molecular flexibility index (Phi) is 10.7. The molecule has 2 amide bonds. The number of amides is 2. The van der Waals surface area contributed by atoms with E-state index >= 15 is 0 Å². The van der Waals surface area contributed by atoms with E-state index in [2.05, 4.69) is 21.2 Å². The van der Waals surface area contributed by atoms with Gasteiger partial charge in [0.05, 0.1) is 10.6 Å². The van der Waals surface area contributed by atoms with E-state index in [1.54, 1.807) is 43.3 Å². The summed E-state index contributed by atoms with van der Waals surface area (Å²) < 4.78 is 29.5. The third-order valence-corrected chi connectivity index (χ3v) is 8.92. The molecule has 0 aromatic heterocycles. The molecule has 39 heavy (non-hydrogen) atoms. The number of hydrogen-bond donors (Lipinski definition) is 1. The van der Waals surface area contributed by atoms with Crippen molar-refractivity contribution in [3.05, 3.63) is 94.5 Å². The first-order valence-electron chi connectivity index (χ1n) is 13.0. The topological polar surface area (TPSA) is 86.8 Å². The van der Waals surface area contributed by atoms with E-state index in [9.17, 15) is 18.0 Å². The summed E-state index contributed by atoms with van der Waals surface area (Å²) >= 11 is 3.41. The molecule has 0 fully saturated rings. The highest BCUT2D eigenvalue weighted by atomic mass is 79.9. The molecule has 208 valence electrons. The average Bonchev–Trinajstić information content (AvgIpc) is 2.92. The largest absolute Gasteiger partial charge is 0.352 e. The Balaban J connectivity index is 1.97. The third-order valence-electron chi connectivity index (χ3n) is 6.64. The van der Waals surface area contributed by atoms with Crippen LogP contribution in [0, 0.1) is 6.92 Å². The Morgan fingerprint density at radius 2 is 1.62 bits per heavy atom. The Morgan fingerprint density at radius 1 is 0.949 bits per heavy atom. The lowest BCUT2D eigenvalue weighted by Crippen LogP contribution is -2.53. The number of sulfonamides is 1. The molecule has 7 nitrogen and oxygen atoms in total. The molecule has 1 N–H and O–H groups in total. The highest BCUT2D eigenvalue weighted by Gasteiger charge is 2.32. The lowest BCUT2D eigenvalue weighted by Gasteiger charge is -2.32. The van der Waals surface area contributed by atoms with E-state index < -0.39 is 28.5 Å². The number of nitrogens with zero attached hydrogens (tertiary/aromatic N) is 2. The van der Waals surface area contributed by atoms with E-state index in [-0.39, 0.29) is 23.4 Å². The SMILES string of the molecule is CC[C@H](C)NC(=O)[C@H](C)N(CCc1ccccc1)C(=O)CN(c1cccc(Br)c1)S(=O)(=O)c1ccc(C)cc1. The number of anilines is 1. The first-order valence-corrected chi connectivity index (χ1v) is 15.2. The van der Waals surface area contributed by atoms with Crippen LogP contribution in [0.1, 0.15) is 38.3 Å². The fraction of sp³-hybridized carbons (Fsp3) is 0.333. The molecule has 0 saturated carbocycles. The second-order valence-corrected chi connectivity index (χ2v) is 12.4. The summed E-state index contributed by atoms with van der Waals surface area (Å²) in [4.78, 5) is 28.5. The molecule has 0 unspecified atom stereocenters. The van der Waals surface area contributed by atoms with Gasteiger partial charge in [-0.2, -0.15) is 0 Å². The molecule has 0 aliphatic carbocycles. The molecule has 0 aliphatic rings. The van der Waals surface area contributed by atoms with E-state index in [1.165, 1.54) is 17.0 Å². The van der Waals surface area contributed by atoms with Crippen LogP contribution in [0.5, 0.6) is 0 Å². The molecule has 0 bridgehead atoms. The molecule has 3 aromatic rings. The summed E-state index contributed by atoms with van der Waals surface area (Å²) in [5, 5.41) is 2.95. The van der Waals surface area contributed by atoms with Crippen LogP contribution in [-0.4, -0.2) is 50.3 Å². The molecular weight excluding hydrogens is 578 g/mol. The standard InChI is InChI=1S/C30H36BrN3O4S/c1-5-23(3)32-30(36)24(4)33(19-18-25-10-7-6-8-11-25)29(35)21-34(27-13-9-12-26(31)20-27)39(37,38)28-16-14-22(2)15-17-28/h6-17,20,23-24H,5,18-19,21H2,1-4H3,(H,32,36)/t23-,24-/m0/s1. The minimum Gasteiger partial charge on any atom is -0.352 e. The summed E-state index contributed by atoms with van der Waals surface area (Å²) in [5.74, 6) is -0.741. The van der Waals surface area contributed by atoms with Gasteiger partial charge in [0.2, 0.25) is 11.8 Å². The predicted octanol–water partition coefficient (Wildman–Crippen LogP) is 5.33. The minimum absolute atomic E-state index is 0.0499. The van der Waals surface area contributed by atoms with Crippen LogP contribution in [0.3, 0.4) is 0 Å². The summed E-state index contributed by atoms with van der Waals surface area (Å²) in [6, 6.07) is 22.2.